The number of aromatic hydroxyl groups is 1. The SMILES string of the molecule is CCCCc1ccc(-c2ccc(C(=O)NCC(C)C(=O)NCC(=O)N(C)C3C(=O)NCC(=O)N[C@H](C(=O)O)Cc4ccc(O)c(c4)-c4cc3ccc4C3CCC3)cc2)cc1. The van der Waals surface area contributed by atoms with Gasteiger partial charge in [0.25, 0.3) is 5.91 Å². The number of aryl methyl sites for hydroxylation is 1. The number of fused-ring (bicyclic) bond motifs is 5. The zero-order valence-electron chi connectivity index (χ0n) is 34.3. The number of phenols is 1. The predicted molar refractivity (Wildman–Crippen MR) is 227 cm³/mol. The highest BCUT2D eigenvalue weighted by Crippen LogP contribution is 2.44. The number of aliphatic carboxylic acids is 1. The van der Waals surface area contributed by atoms with E-state index in [2.05, 4.69) is 52.5 Å². The van der Waals surface area contributed by atoms with E-state index in [0.717, 1.165) is 55.2 Å². The molecule has 1 aliphatic heterocycles. The molecule has 1 heterocycles. The van der Waals surface area contributed by atoms with Crippen LogP contribution in [-0.2, 0) is 36.8 Å². The van der Waals surface area contributed by atoms with Gasteiger partial charge in [-0.2, -0.15) is 0 Å². The van der Waals surface area contributed by atoms with E-state index in [9.17, 15) is 39.0 Å². The zero-order valence-corrected chi connectivity index (χ0v) is 34.3. The van der Waals surface area contributed by atoms with Gasteiger partial charge in [-0.3, -0.25) is 24.0 Å². The lowest BCUT2D eigenvalue weighted by Crippen LogP contribution is -2.50. The van der Waals surface area contributed by atoms with E-state index in [1.807, 2.05) is 18.2 Å². The molecule has 3 atom stereocenters. The number of carboxylic acids is 1. The van der Waals surface area contributed by atoms with Gasteiger partial charge in [0, 0.05) is 31.1 Å². The van der Waals surface area contributed by atoms with Crippen molar-refractivity contribution in [1.82, 2.24) is 26.2 Å². The van der Waals surface area contributed by atoms with Crippen LogP contribution in [0.3, 0.4) is 0 Å². The summed E-state index contributed by atoms with van der Waals surface area (Å²) in [4.78, 5) is 79.9. The highest BCUT2D eigenvalue weighted by molar-refractivity contribution is 5.96. The lowest BCUT2D eigenvalue weighted by Gasteiger charge is -2.31. The minimum absolute atomic E-state index is 0.00959. The summed E-state index contributed by atoms with van der Waals surface area (Å²) >= 11 is 0. The van der Waals surface area contributed by atoms with Crippen molar-refractivity contribution < 1.29 is 39.0 Å². The number of nitrogens with one attached hydrogen (secondary N) is 4. The minimum Gasteiger partial charge on any atom is -0.507 e. The molecule has 13 heteroatoms. The highest BCUT2D eigenvalue weighted by Gasteiger charge is 2.33. The number of hydrogen-bond acceptors (Lipinski definition) is 7. The number of carboxylic acid groups (broad SMARTS) is 1. The van der Waals surface area contributed by atoms with Crippen LogP contribution >= 0.6 is 0 Å². The molecule has 0 radical (unpaired) electrons. The second-order valence-electron chi connectivity index (χ2n) is 15.8. The summed E-state index contributed by atoms with van der Waals surface area (Å²) in [7, 11) is 1.41. The van der Waals surface area contributed by atoms with Gasteiger partial charge in [0.1, 0.15) is 17.8 Å². The van der Waals surface area contributed by atoms with Gasteiger partial charge < -0.3 is 36.4 Å². The number of unbranched alkanes of at least 4 members (excludes halogenated alkanes) is 1. The number of phenolic OH excluding ortho intramolecular Hbond substituents is 1. The average molecular weight is 816 g/mol. The molecule has 5 amide bonds. The van der Waals surface area contributed by atoms with Gasteiger partial charge in [-0.05, 0) is 101 Å². The maximum Gasteiger partial charge on any atom is 0.326 e. The minimum atomic E-state index is -1.30. The maximum absolute atomic E-state index is 13.9. The fourth-order valence-electron chi connectivity index (χ4n) is 7.58. The molecule has 4 aromatic carbocycles. The number of hydrogen-bond donors (Lipinski definition) is 6. The van der Waals surface area contributed by atoms with Crippen LogP contribution < -0.4 is 21.3 Å². The number of benzene rings is 4. The van der Waals surface area contributed by atoms with Gasteiger partial charge in [-0.15, -0.1) is 0 Å². The number of amides is 5. The molecule has 1 saturated carbocycles. The molecular formula is C47H53N5O8. The molecule has 0 aromatic heterocycles. The second-order valence-corrected chi connectivity index (χ2v) is 15.8. The van der Waals surface area contributed by atoms with Crippen molar-refractivity contribution in [3.63, 3.8) is 0 Å². The molecule has 2 aliphatic rings. The van der Waals surface area contributed by atoms with Crippen LogP contribution in [0, 0.1) is 5.92 Å². The molecule has 4 bridgehead atoms. The van der Waals surface area contributed by atoms with E-state index in [4.69, 9.17) is 0 Å². The highest BCUT2D eigenvalue weighted by atomic mass is 16.4. The monoisotopic (exact) mass is 815 g/mol. The Kier molecular flexibility index (Phi) is 14.0. The van der Waals surface area contributed by atoms with Gasteiger partial charge in [0.2, 0.25) is 23.6 Å². The molecule has 1 fully saturated rings. The molecule has 13 nitrogen and oxygen atoms in total. The van der Waals surface area contributed by atoms with Gasteiger partial charge in [-0.1, -0.05) is 81.3 Å². The van der Waals surface area contributed by atoms with Crippen LogP contribution in [0.5, 0.6) is 5.75 Å². The summed E-state index contributed by atoms with van der Waals surface area (Å²) in [6.07, 6.45) is 6.18. The molecule has 0 saturated heterocycles. The third-order valence-electron chi connectivity index (χ3n) is 11.5. The Morgan fingerprint density at radius 3 is 2.23 bits per heavy atom. The van der Waals surface area contributed by atoms with Crippen LogP contribution in [-0.4, -0.2) is 83.3 Å². The largest absolute Gasteiger partial charge is 0.507 e. The number of rotatable bonds is 13. The molecule has 314 valence electrons. The smallest absolute Gasteiger partial charge is 0.326 e. The van der Waals surface area contributed by atoms with Crippen molar-refractivity contribution in [3.8, 4) is 28.0 Å². The van der Waals surface area contributed by atoms with Crippen molar-refractivity contribution in [2.24, 2.45) is 5.92 Å². The van der Waals surface area contributed by atoms with Crippen molar-refractivity contribution >= 4 is 35.5 Å². The first kappa shape index (κ1) is 43.1. The summed E-state index contributed by atoms with van der Waals surface area (Å²) in [5, 5.41) is 31.4. The van der Waals surface area contributed by atoms with Gasteiger partial charge in [0.15, 0.2) is 0 Å². The van der Waals surface area contributed by atoms with Crippen LogP contribution in [0.25, 0.3) is 22.3 Å². The number of carbonyl (C=O) groups excluding carboxylic acids is 5. The predicted octanol–water partition coefficient (Wildman–Crippen LogP) is 5.26. The molecule has 2 unspecified atom stereocenters. The lowest BCUT2D eigenvalue weighted by molar-refractivity contribution is -0.142. The van der Waals surface area contributed by atoms with Crippen LogP contribution in [0.15, 0.2) is 84.9 Å². The third-order valence-corrected chi connectivity index (χ3v) is 11.5. The van der Waals surface area contributed by atoms with E-state index in [-0.39, 0.29) is 30.5 Å². The number of nitrogens with zero attached hydrogens (tertiary/aromatic N) is 1. The number of carbonyl (C=O) groups is 6. The summed E-state index contributed by atoms with van der Waals surface area (Å²) in [6, 6.07) is 23.2. The molecule has 1 aliphatic carbocycles. The molecule has 6 rings (SSSR count). The van der Waals surface area contributed by atoms with Crippen LogP contribution in [0.1, 0.15) is 90.5 Å². The first-order valence-electron chi connectivity index (χ1n) is 20.6. The first-order chi connectivity index (χ1) is 28.8. The van der Waals surface area contributed by atoms with Crippen molar-refractivity contribution in [3.05, 3.63) is 113 Å². The van der Waals surface area contributed by atoms with E-state index in [1.165, 1.54) is 23.6 Å². The van der Waals surface area contributed by atoms with Crippen molar-refractivity contribution in [1.29, 1.82) is 0 Å². The van der Waals surface area contributed by atoms with Gasteiger partial charge in [0.05, 0.1) is 19.0 Å². The van der Waals surface area contributed by atoms with E-state index in [0.29, 0.717) is 27.8 Å². The Morgan fingerprint density at radius 1 is 0.883 bits per heavy atom. The summed E-state index contributed by atoms with van der Waals surface area (Å²) < 4.78 is 0. The summed E-state index contributed by atoms with van der Waals surface area (Å²) in [5.41, 5.74) is 6.78. The normalized spacial score (nSPS) is 17.2. The first-order valence-corrected chi connectivity index (χ1v) is 20.6. The van der Waals surface area contributed by atoms with E-state index >= 15 is 0 Å². The fraction of sp³-hybridized carbons (Fsp3) is 0.362. The van der Waals surface area contributed by atoms with E-state index < -0.39 is 60.7 Å². The molecule has 0 spiro atoms. The fourth-order valence-corrected chi connectivity index (χ4v) is 7.58. The third kappa shape index (κ3) is 10.4. The van der Waals surface area contributed by atoms with E-state index in [1.54, 1.807) is 43.3 Å². The maximum atomic E-state index is 13.9. The lowest BCUT2D eigenvalue weighted by atomic mass is 9.76. The second kappa shape index (κ2) is 19.5. The standard InChI is InChI=1S/C47H53N5O8/c1-4-5-7-29-10-13-31(14-11-29)32-15-17-34(18-16-32)45(57)48-25-28(2)44(56)50-27-42(55)52(3)43-35-19-20-36(33-8-6-9-33)37(24-35)38-22-30(12-21-40(38)53)23-39(47(59)60)51-41(54)26-49-46(43)58/h10-22,24,28,33,39,43,53H,4-9,23,25-27H2,1-3H3,(H,48,57)(H,49,58)(H,50,56)(H,51,54)(H,59,60)/t28?,39-,43?/m0/s1. The summed E-state index contributed by atoms with van der Waals surface area (Å²) in [5.74, 6) is -4.70. The van der Waals surface area contributed by atoms with Crippen molar-refractivity contribution in [2.45, 2.75) is 76.8 Å². The quantitative estimate of drug-likeness (QED) is 0.105. The van der Waals surface area contributed by atoms with Crippen LogP contribution in [0.2, 0.25) is 0 Å². The van der Waals surface area contributed by atoms with Crippen molar-refractivity contribution in [2.75, 3.05) is 26.7 Å². The Labute approximate surface area is 350 Å². The average Bonchev–Trinajstić information content (AvgIpc) is 3.23. The molecule has 6 N–H and O–H groups in total. The Balaban J connectivity index is 1.13. The number of likely N-dealkylation sites (N-methyl/N-ethyl adjacent to an activating group) is 1. The topological polar surface area (TPSA) is 194 Å². The molecule has 60 heavy (non-hydrogen) atoms. The Morgan fingerprint density at radius 2 is 1.58 bits per heavy atom. The van der Waals surface area contributed by atoms with Crippen LogP contribution in [0.4, 0.5) is 0 Å². The Bertz CT molecular complexity index is 2240. The molecule has 4 aromatic rings. The molecular weight excluding hydrogens is 763 g/mol. The Hall–Kier alpha value is -6.50. The summed E-state index contributed by atoms with van der Waals surface area (Å²) in [6.45, 7) is 2.79. The van der Waals surface area contributed by atoms with Gasteiger partial charge in [-0.25, -0.2) is 4.79 Å². The zero-order chi connectivity index (χ0) is 42.9. The van der Waals surface area contributed by atoms with Gasteiger partial charge >= 0.3 is 5.97 Å².